The third-order valence-electron chi connectivity index (χ3n) is 2.02. The number of nitrogens with two attached hydrogens (primary N) is 1. The molecule has 0 spiro atoms. The zero-order valence-corrected chi connectivity index (χ0v) is 7.14. The lowest BCUT2D eigenvalue weighted by Gasteiger charge is -2.28. The summed E-state index contributed by atoms with van der Waals surface area (Å²) in [5.41, 5.74) is 5.81. The lowest BCUT2D eigenvalue weighted by atomic mass is 10.1. The van der Waals surface area contributed by atoms with Crippen LogP contribution in [0.25, 0.3) is 0 Å². The average Bonchev–Trinajstić information content (AvgIpc) is 2.01. The Kier molecular flexibility index (Phi) is 3.41. The van der Waals surface area contributed by atoms with Gasteiger partial charge in [-0.2, -0.15) is 0 Å². The minimum absolute atomic E-state index is 0.377. The van der Waals surface area contributed by atoms with Gasteiger partial charge in [0, 0.05) is 12.6 Å². The van der Waals surface area contributed by atoms with Gasteiger partial charge >= 0.3 is 0 Å². The normalized spacial score (nSPS) is 25.8. The van der Waals surface area contributed by atoms with Gasteiger partial charge in [0.15, 0.2) is 0 Å². The molecule has 62 valence electrons. The van der Waals surface area contributed by atoms with Crippen LogP contribution < -0.4 is 5.73 Å². The molecule has 1 heterocycles. The first-order valence-corrected chi connectivity index (χ1v) is 4.20. The number of hydrogen-bond donors (Lipinski definition) is 1. The van der Waals surface area contributed by atoms with E-state index in [0.29, 0.717) is 6.04 Å². The molecule has 0 aromatic heterocycles. The maximum Gasteiger partial charge on any atom is 0.0602 e. The zero-order chi connectivity index (χ0) is 8.10. The third-order valence-corrected chi connectivity index (χ3v) is 2.02. The molecule has 0 amide bonds. The van der Waals surface area contributed by atoms with Crippen LogP contribution in [0.5, 0.6) is 0 Å². The number of rotatable bonds is 1. The molecule has 0 saturated carbocycles. The molecule has 0 unspecified atom stereocenters. The topological polar surface area (TPSA) is 29.3 Å². The smallest absolute Gasteiger partial charge is 0.0602 e. The van der Waals surface area contributed by atoms with Gasteiger partial charge in [-0.3, -0.25) is 4.90 Å². The molecule has 2 N–H and O–H groups in total. The second kappa shape index (κ2) is 4.38. The third kappa shape index (κ3) is 2.92. The molecule has 0 aliphatic carbocycles. The SMILES string of the molecule is CC#CCN1CCC[C@@H](N)C1. The van der Waals surface area contributed by atoms with Crippen LogP contribution in [-0.2, 0) is 0 Å². The minimum atomic E-state index is 0.377. The maximum atomic E-state index is 5.81. The lowest BCUT2D eigenvalue weighted by Crippen LogP contribution is -2.42. The van der Waals surface area contributed by atoms with E-state index in [9.17, 15) is 0 Å². The number of piperidine rings is 1. The van der Waals surface area contributed by atoms with Crippen LogP contribution in [0.2, 0.25) is 0 Å². The molecule has 1 saturated heterocycles. The van der Waals surface area contributed by atoms with Gasteiger partial charge in [-0.25, -0.2) is 0 Å². The van der Waals surface area contributed by atoms with E-state index in [1.165, 1.54) is 19.4 Å². The van der Waals surface area contributed by atoms with E-state index in [2.05, 4.69) is 16.7 Å². The van der Waals surface area contributed by atoms with Crippen molar-refractivity contribution in [3.63, 3.8) is 0 Å². The van der Waals surface area contributed by atoms with Crippen LogP contribution >= 0.6 is 0 Å². The van der Waals surface area contributed by atoms with Crippen molar-refractivity contribution in [1.82, 2.24) is 4.90 Å². The Balaban J connectivity index is 2.26. The molecule has 0 aromatic carbocycles. The first-order chi connectivity index (χ1) is 5.33. The molecule has 0 aromatic rings. The van der Waals surface area contributed by atoms with Gasteiger partial charge < -0.3 is 5.73 Å². The molecule has 1 atom stereocenters. The van der Waals surface area contributed by atoms with Crippen LogP contribution in [0.4, 0.5) is 0 Å². The quantitative estimate of drug-likeness (QED) is 0.552. The fraction of sp³-hybridized carbons (Fsp3) is 0.778. The van der Waals surface area contributed by atoms with Gasteiger partial charge in [0.1, 0.15) is 0 Å². The minimum Gasteiger partial charge on any atom is -0.327 e. The Morgan fingerprint density at radius 1 is 1.64 bits per heavy atom. The van der Waals surface area contributed by atoms with Crippen LogP contribution in [-0.4, -0.2) is 30.6 Å². The Morgan fingerprint density at radius 3 is 3.09 bits per heavy atom. The van der Waals surface area contributed by atoms with Gasteiger partial charge in [0.2, 0.25) is 0 Å². The van der Waals surface area contributed by atoms with Crippen molar-refractivity contribution in [2.45, 2.75) is 25.8 Å². The Labute approximate surface area is 68.8 Å². The second-order valence-electron chi connectivity index (χ2n) is 3.06. The summed E-state index contributed by atoms with van der Waals surface area (Å²) >= 11 is 0. The molecular formula is C9H16N2. The first kappa shape index (κ1) is 8.58. The molecule has 2 heteroatoms. The van der Waals surface area contributed by atoms with Crippen LogP contribution in [0.15, 0.2) is 0 Å². The van der Waals surface area contributed by atoms with E-state index in [4.69, 9.17) is 5.73 Å². The highest BCUT2D eigenvalue weighted by atomic mass is 15.1. The van der Waals surface area contributed by atoms with Crippen LogP contribution in [0.1, 0.15) is 19.8 Å². The van der Waals surface area contributed by atoms with E-state index in [1.807, 2.05) is 6.92 Å². The summed E-state index contributed by atoms with van der Waals surface area (Å²) in [6.45, 7) is 4.96. The van der Waals surface area contributed by atoms with Gasteiger partial charge in [0.25, 0.3) is 0 Å². The molecule has 0 radical (unpaired) electrons. The standard InChI is InChI=1S/C9H16N2/c1-2-3-6-11-7-4-5-9(10)8-11/h9H,4-8,10H2,1H3/t9-/m1/s1. The molecule has 1 aliphatic heterocycles. The summed E-state index contributed by atoms with van der Waals surface area (Å²) in [7, 11) is 0. The molecule has 0 bridgehead atoms. The second-order valence-corrected chi connectivity index (χ2v) is 3.06. The van der Waals surface area contributed by atoms with E-state index in [0.717, 1.165) is 13.1 Å². The Bertz CT molecular complexity index is 166. The average molecular weight is 152 g/mol. The van der Waals surface area contributed by atoms with Crippen LogP contribution in [0, 0.1) is 11.8 Å². The van der Waals surface area contributed by atoms with Crippen molar-refractivity contribution in [3.05, 3.63) is 0 Å². The zero-order valence-electron chi connectivity index (χ0n) is 7.14. The molecule has 11 heavy (non-hydrogen) atoms. The highest BCUT2D eigenvalue weighted by molar-refractivity contribution is 4.98. The van der Waals surface area contributed by atoms with Gasteiger partial charge in [-0.05, 0) is 26.3 Å². The Hall–Kier alpha value is -0.520. The number of nitrogens with zero attached hydrogens (tertiary/aromatic N) is 1. The summed E-state index contributed by atoms with van der Waals surface area (Å²) in [4.78, 5) is 2.32. The number of likely N-dealkylation sites (tertiary alicyclic amines) is 1. The molecule has 2 nitrogen and oxygen atoms in total. The highest BCUT2D eigenvalue weighted by Crippen LogP contribution is 2.06. The van der Waals surface area contributed by atoms with Crippen LogP contribution in [0.3, 0.4) is 0 Å². The van der Waals surface area contributed by atoms with Crippen molar-refractivity contribution in [3.8, 4) is 11.8 Å². The maximum absolute atomic E-state index is 5.81. The summed E-state index contributed by atoms with van der Waals surface area (Å²) < 4.78 is 0. The Morgan fingerprint density at radius 2 is 2.45 bits per heavy atom. The van der Waals surface area contributed by atoms with E-state index in [-0.39, 0.29) is 0 Å². The molecule has 1 rings (SSSR count). The van der Waals surface area contributed by atoms with E-state index >= 15 is 0 Å². The monoisotopic (exact) mass is 152 g/mol. The molecular weight excluding hydrogens is 136 g/mol. The first-order valence-electron chi connectivity index (χ1n) is 4.20. The fourth-order valence-corrected chi connectivity index (χ4v) is 1.43. The summed E-state index contributed by atoms with van der Waals surface area (Å²) in [5, 5.41) is 0. The van der Waals surface area contributed by atoms with E-state index < -0.39 is 0 Å². The predicted molar refractivity (Wildman–Crippen MR) is 47.1 cm³/mol. The molecule has 1 aliphatic rings. The highest BCUT2D eigenvalue weighted by Gasteiger charge is 2.14. The van der Waals surface area contributed by atoms with Gasteiger partial charge in [-0.1, -0.05) is 5.92 Å². The lowest BCUT2D eigenvalue weighted by molar-refractivity contribution is 0.232. The summed E-state index contributed by atoms with van der Waals surface area (Å²) in [6, 6.07) is 0.377. The van der Waals surface area contributed by atoms with E-state index in [1.54, 1.807) is 0 Å². The van der Waals surface area contributed by atoms with Crippen molar-refractivity contribution >= 4 is 0 Å². The fourth-order valence-electron chi connectivity index (χ4n) is 1.43. The summed E-state index contributed by atoms with van der Waals surface area (Å²) in [6.07, 6.45) is 2.41. The number of hydrogen-bond acceptors (Lipinski definition) is 2. The van der Waals surface area contributed by atoms with Crippen molar-refractivity contribution in [2.75, 3.05) is 19.6 Å². The van der Waals surface area contributed by atoms with Crippen molar-refractivity contribution in [2.24, 2.45) is 5.73 Å². The summed E-state index contributed by atoms with van der Waals surface area (Å²) in [5.74, 6) is 5.96. The van der Waals surface area contributed by atoms with Crippen molar-refractivity contribution < 1.29 is 0 Å². The molecule has 1 fully saturated rings. The predicted octanol–water partition coefficient (Wildman–Crippen LogP) is 0.433. The largest absolute Gasteiger partial charge is 0.327 e. The van der Waals surface area contributed by atoms with Crippen molar-refractivity contribution in [1.29, 1.82) is 0 Å². The van der Waals surface area contributed by atoms with Gasteiger partial charge in [0.05, 0.1) is 6.54 Å². The van der Waals surface area contributed by atoms with Gasteiger partial charge in [-0.15, -0.1) is 5.92 Å².